The van der Waals surface area contributed by atoms with Gasteiger partial charge >= 0.3 is 0 Å². The summed E-state index contributed by atoms with van der Waals surface area (Å²) in [6, 6.07) is 8.44. The maximum absolute atomic E-state index is 12.9. The monoisotopic (exact) mass is 340 g/mol. The topological polar surface area (TPSA) is 40.6 Å². The summed E-state index contributed by atoms with van der Waals surface area (Å²) in [5, 5.41) is 0. The number of hydrogen-bond donors (Lipinski definition) is 0. The van der Waals surface area contributed by atoms with E-state index in [0.29, 0.717) is 17.7 Å². The lowest BCUT2D eigenvalue weighted by Gasteiger charge is -2.37. The lowest BCUT2D eigenvalue weighted by atomic mass is 9.82. The predicted octanol–water partition coefficient (Wildman–Crippen LogP) is 3.00. The minimum atomic E-state index is 0.0954. The van der Waals surface area contributed by atoms with Gasteiger partial charge in [-0.05, 0) is 49.1 Å². The molecule has 0 aromatic heterocycles. The van der Waals surface area contributed by atoms with E-state index in [1.54, 1.807) is 0 Å². The molecule has 1 aromatic rings. The Balaban J connectivity index is 1.29. The summed E-state index contributed by atoms with van der Waals surface area (Å²) in [5.41, 5.74) is 2.66. The van der Waals surface area contributed by atoms with Crippen LogP contribution in [0.3, 0.4) is 0 Å². The highest BCUT2D eigenvalue weighted by Crippen LogP contribution is 2.31. The summed E-state index contributed by atoms with van der Waals surface area (Å²) in [5.74, 6) is 1.32. The number of carbonyl (C=O) groups is 2. The molecule has 4 nitrogen and oxygen atoms in total. The van der Waals surface area contributed by atoms with E-state index in [0.717, 1.165) is 51.9 Å². The van der Waals surface area contributed by atoms with E-state index >= 15 is 0 Å². The van der Waals surface area contributed by atoms with Crippen LogP contribution in [0.5, 0.6) is 0 Å². The van der Waals surface area contributed by atoms with E-state index in [9.17, 15) is 9.59 Å². The van der Waals surface area contributed by atoms with Gasteiger partial charge in [-0.25, -0.2) is 0 Å². The third-order valence-corrected chi connectivity index (χ3v) is 6.33. The zero-order valence-corrected chi connectivity index (χ0v) is 15.0. The number of nitrogens with zero attached hydrogens (tertiary/aromatic N) is 2. The molecule has 2 amide bonds. The molecule has 25 heavy (non-hydrogen) atoms. The first-order valence-corrected chi connectivity index (χ1v) is 9.84. The minimum Gasteiger partial charge on any atom is -0.343 e. The lowest BCUT2D eigenvalue weighted by molar-refractivity contribution is -0.142. The van der Waals surface area contributed by atoms with Gasteiger partial charge in [-0.15, -0.1) is 0 Å². The molecule has 0 unspecified atom stereocenters. The van der Waals surface area contributed by atoms with Crippen LogP contribution >= 0.6 is 0 Å². The summed E-state index contributed by atoms with van der Waals surface area (Å²) in [6.07, 6.45) is 7.06. The van der Waals surface area contributed by atoms with Gasteiger partial charge < -0.3 is 9.80 Å². The Morgan fingerprint density at radius 1 is 0.920 bits per heavy atom. The number of amides is 2. The van der Waals surface area contributed by atoms with E-state index in [2.05, 4.69) is 24.3 Å². The van der Waals surface area contributed by atoms with Crippen molar-refractivity contribution in [3.63, 3.8) is 0 Å². The highest BCUT2D eigenvalue weighted by Gasteiger charge is 2.32. The van der Waals surface area contributed by atoms with E-state index in [4.69, 9.17) is 0 Å². The van der Waals surface area contributed by atoms with Crippen LogP contribution in [0.1, 0.15) is 49.7 Å². The number of benzene rings is 1. The molecule has 0 spiro atoms. The number of carbonyl (C=O) groups excluding carboxylic acids is 2. The Bertz CT molecular complexity index is 645. The molecule has 4 heteroatoms. The molecule has 1 saturated carbocycles. The first kappa shape index (κ1) is 16.6. The van der Waals surface area contributed by atoms with Crippen molar-refractivity contribution in [1.82, 2.24) is 9.80 Å². The smallest absolute Gasteiger partial charge is 0.226 e. The van der Waals surface area contributed by atoms with Crippen molar-refractivity contribution in [1.29, 1.82) is 0 Å². The van der Waals surface area contributed by atoms with Crippen LogP contribution in [-0.4, -0.2) is 41.2 Å². The molecule has 0 radical (unpaired) electrons. The summed E-state index contributed by atoms with van der Waals surface area (Å²) in [7, 11) is 0. The molecule has 0 N–H and O–H groups in total. The van der Waals surface area contributed by atoms with E-state index in [1.165, 1.54) is 30.4 Å². The molecule has 2 heterocycles. The Hall–Kier alpha value is -1.84. The van der Waals surface area contributed by atoms with Crippen molar-refractivity contribution in [2.75, 3.05) is 19.6 Å². The second kappa shape index (κ2) is 7.19. The van der Waals surface area contributed by atoms with Crippen molar-refractivity contribution >= 4 is 11.8 Å². The predicted molar refractivity (Wildman–Crippen MR) is 96.8 cm³/mol. The van der Waals surface area contributed by atoms with Gasteiger partial charge in [-0.2, -0.15) is 0 Å². The fourth-order valence-corrected chi connectivity index (χ4v) is 4.39. The first-order chi connectivity index (χ1) is 12.2. The van der Waals surface area contributed by atoms with Gasteiger partial charge in [0.15, 0.2) is 0 Å². The maximum Gasteiger partial charge on any atom is 0.226 e. The maximum atomic E-state index is 12.9. The second-order valence-corrected chi connectivity index (χ2v) is 7.93. The van der Waals surface area contributed by atoms with Crippen LogP contribution in [-0.2, 0) is 22.6 Å². The number of piperidine rings is 1. The highest BCUT2D eigenvalue weighted by atomic mass is 16.2. The zero-order chi connectivity index (χ0) is 17.2. The van der Waals surface area contributed by atoms with Gasteiger partial charge in [0.1, 0.15) is 0 Å². The molecular formula is C21H28N2O2. The standard InChI is InChI=1S/C21H28N2O2/c24-20(14-16-4-3-5-16)22-11-9-18(10-12-22)21(25)23-13-8-17-6-1-2-7-19(17)15-23/h1-2,6-7,16,18H,3-5,8-15H2. The van der Waals surface area contributed by atoms with Crippen molar-refractivity contribution in [3.8, 4) is 0 Å². The third-order valence-electron chi connectivity index (χ3n) is 6.33. The van der Waals surface area contributed by atoms with Gasteiger partial charge in [0.2, 0.25) is 11.8 Å². The van der Waals surface area contributed by atoms with E-state index < -0.39 is 0 Å². The minimum absolute atomic E-state index is 0.0954. The third kappa shape index (κ3) is 3.58. The van der Waals surface area contributed by atoms with Crippen molar-refractivity contribution in [3.05, 3.63) is 35.4 Å². The van der Waals surface area contributed by atoms with Crippen LogP contribution in [0.15, 0.2) is 24.3 Å². The fourth-order valence-electron chi connectivity index (χ4n) is 4.39. The molecule has 1 aliphatic carbocycles. The molecule has 134 valence electrons. The fraction of sp³-hybridized carbons (Fsp3) is 0.619. The molecule has 2 fully saturated rings. The van der Waals surface area contributed by atoms with Crippen molar-refractivity contribution < 1.29 is 9.59 Å². The molecule has 0 atom stereocenters. The summed E-state index contributed by atoms with van der Waals surface area (Å²) in [4.78, 5) is 29.3. The zero-order valence-electron chi connectivity index (χ0n) is 15.0. The highest BCUT2D eigenvalue weighted by molar-refractivity contribution is 5.80. The average molecular weight is 340 g/mol. The second-order valence-electron chi connectivity index (χ2n) is 7.93. The molecular weight excluding hydrogens is 312 g/mol. The Labute approximate surface area is 150 Å². The van der Waals surface area contributed by atoms with Crippen LogP contribution in [0.4, 0.5) is 0 Å². The number of hydrogen-bond acceptors (Lipinski definition) is 2. The Morgan fingerprint density at radius 3 is 2.32 bits per heavy atom. The lowest BCUT2D eigenvalue weighted by Crippen LogP contribution is -2.46. The number of rotatable bonds is 3. The number of likely N-dealkylation sites (tertiary alicyclic amines) is 1. The average Bonchev–Trinajstić information content (AvgIpc) is 2.63. The number of fused-ring (bicyclic) bond motifs is 1. The quantitative estimate of drug-likeness (QED) is 0.849. The molecule has 4 rings (SSSR count). The van der Waals surface area contributed by atoms with Crippen LogP contribution in [0, 0.1) is 11.8 Å². The van der Waals surface area contributed by atoms with Crippen LogP contribution in [0.25, 0.3) is 0 Å². The van der Waals surface area contributed by atoms with E-state index in [-0.39, 0.29) is 5.92 Å². The summed E-state index contributed by atoms with van der Waals surface area (Å²) in [6.45, 7) is 3.09. The molecule has 1 saturated heterocycles. The Morgan fingerprint density at radius 2 is 1.64 bits per heavy atom. The van der Waals surface area contributed by atoms with Gasteiger partial charge in [-0.3, -0.25) is 9.59 Å². The Kier molecular flexibility index (Phi) is 4.78. The van der Waals surface area contributed by atoms with Gasteiger partial charge in [-0.1, -0.05) is 30.7 Å². The van der Waals surface area contributed by atoms with E-state index in [1.807, 2.05) is 9.80 Å². The molecule has 0 bridgehead atoms. The van der Waals surface area contributed by atoms with Gasteiger partial charge in [0.05, 0.1) is 0 Å². The largest absolute Gasteiger partial charge is 0.343 e. The van der Waals surface area contributed by atoms with Crippen molar-refractivity contribution in [2.45, 2.75) is 51.5 Å². The molecule has 2 aliphatic heterocycles. The SMILES string of the molecule is O=C(CC1CCC1)N1CCC(C(=O)N2CCc3ccccc3C2)CC1. The van der Waals surface area contributed by atoms with Crippen LogP contribution in [0.2, 0.25) is 0 Å². The normalized spacial score (nSPS) is 21.6. The summed E-state index contributed by atoms with van der Waals surface area (Å²) >= 11 is 0. The van der Waals surface area contributed by atoms with Gasteiger partial charge in [0.25, 0.3) is 0 Å². The molecule has 1 aromatic carbocycles. The molecule has 3 aliphatic rings. The summed E-state index contributed by atoms with van der Waals surface area (Å²) < 4.78 is 0. The van der Waals surface area contributed by atoms with Gasteiger partial charge in [0, 0.05) is 38.5 Å². The van der Waals surface area contributed by atoms with Crippen molar-refractivity contribution in [2.24, 2.45) is 11.8 Å². The van der Waals surface area contributed by atoms with Crippen LogP contribution < -0.4 is 0 Å². The first-order valence-electron chi connectivity index (χ1n) is 9.84.